The summed E-state index contributed by atoms with van der Waals surface area (Å²) in [5.41, 5.74) is 6.94. The monoisotopic (exact) mass is 287 g/mol. The highest BCUT2D eigenvalue weighted by Crippen LogP contribution is 2.41. The largest absolute Gasteiger partial charge is 0.493 e. The van der Waals surface area contributed by atoms with Crippen LogP contribution in [0.2, 0.25) is 0 Å². The predicted molar refractivity (Wildman–Crippen MR) is 83.5 cm³/mol. The first-order valence-electron chi connectivity index (χ1n) is 8.20. The lowest BCUT2D eigenvalue weighted by Gasteiger charge is -2.36. The molecule has 21 heavy (non-hydrogen) atoms. The van der Waals surface area contributed by atoms with Crippen LogP contribution in [0.5, 0.6) is 5.75 Å². The predicted octanol–water partition coefficient (Wildman–Crippen LogP) is 3.42. The van der Waals surface area contributed by atoms with Gasteiger partial charge in [-0.05, 0) is 36.8 Å². The summed E-state index contributed by atoms with van der Waals surface area (Å²) in [6.07, 6.45) is 7.05. The van der Waals surface area contributed by atoms with E-state index in [1.165, 1.54) is 12.0 Å². The minimum Gasteiger partial charge on any atom is -0.493 e. The Kier molecular flexibility index (Phi) is 4.29. The average Bonchev–Trinajstić information content (AvgIpc) is 2.56. The van der Waals surface area contributed by atoms with E-state index in [0.29, 0.717) is 31.3 Å². The quantitative estimate of drug-likeness (QED) is 0.923. The summed E-state index contributed by atoms with van der Waals surface area (Å²) >= 11 is 0. The van der Waals surface area contributed by atoms with E-state index in [2.05, 4.69) is 6.07 Å². The number of Topliss-reactive ketones (excluding diaryl/α,β-unsaturated/α-hetero) is 1. The van der Waals surface area contributed by atoms with Gasteiger partial charge >= 0.3 is 0 Å². The molecule has 1 fully saturated rings. The lowest BCUT2D eigenvalue weighted by atomic mass is 9.68. The third-order valence-corrected chi connectivity index (χ3v) is 5.31. The number of hydrogen-bond donors (Lipinski definition) is 1. The maximum absolute atomic E-state index is 12.9. The van der Waals surface area contributed by atoms with Crippen LogP contribution in [-0.4, -0.2) is 18.9 Å². The highest BCUT2D eigenvalue weighted by atomic mass is 16.5. The van der Waals surface area contributed by atoms with Crippen LogP contribution in [0.4, 0.5) is 0 Å². The van der Waals surface area contributed by atoms with E-state index in [-0.39, 0.29) is 5.41 Å². The van der Waals surface area contributed by atoms with E-state index in [4.69, 9.17) is 10.5 Å². The average molecular weight is 287 g/mol. The van der Waals surface area contributed by atoms with Crippen molar-refractivity contribution in [3.8, 4) is 5.75 Å². The van der Waals surface area contributed by atoms with Crippen LogP contribution >= 0.6 is 0 Å². The summed E-state index contributed by atoms with van der Waals surface area (Å²) in [6, 6.07) is 8.13. The fraction of sp³-hybridized carbons (Fsp3) is 0.611. The Hall–Kier alpha value is -1.35. The van der Waals surface area contributed by atoms with Crippen LogP contribution in [0.1, 0.15) is 56.4 Å². The number of carbonyl (C=O) groups excluding carboxylic acids is 1. The second-order valence-corrected chi connectivity index (χ2v) is 6.54. The van der Waals surface area contributed by atoms with Gasteiger partial charge in [-0.25, -0.2) is 0 Å². The van der Waals surface area contributed by atoms with Gasteiger partial charge in [-0.3, -0.25) is 4.79 Å². The van der Waals surface area contributed by atoms with Crippen molar-refractivity contribution < 1.29 is 9.53 Å². The Balaban J connectivity index is 1.76. The molecule has 1 atom stereocenters. The van der Waals surface area contributed by atoms with Gasteiger partial charge in [0.25, 0.3) is 0 Å². The number of ketones is 1. The first-order chi connectivity index (χ1) is 10.2. The number of carbonyl (C=O) groups is 1. The maximum Gasteiger partial charge on any atom is 0.140 e. The zero-order valence-electron chi connectivity index (χ0n) is 12.6. The molecule has 3 nitrogen and oxygen atoms in total. The summed E-state index contributed by atoms with van der Waals surface area (Å²) in [5.74, 6) is 1.63. The van der Waals surface area contributed by atoms with Crippen LogP contribution in [0.25, 0.3) is 0 Å². The fourth-order valence-corrected chi connectivity index (χ4v) is 3.89. The van der Waals surface area contributed by atoms with Crippen LogP contribution in [-0.2, 0) is 4.79 Å². The summed E-state index contributed by atoms with van der Waals surface area (Å²) in [4.78, 5) is 12.9. The SMILES string of the molecule is NCC1(C(=O)CC2CCOc3ccccc32)CCCCC1. The Morgan fingerprint density at radius 2 is 2.00 bits per heavy atom. The van der Waals surface area contributed by atoms with Crippen molar-refractivity contribution in [3.05, 3.63) is 29.8 Å². The molecule has 0 saturated heterocycles. The molecule has 0 bridgehead atoms. The Morgan fingerprint density at radius 1 is 1.24 bits per heavy atom. The number of hydrogen-bond acceptors (Lipinski definition) is 3. The molecule has 3 rings (SSSR count). The Bertz CT molecular complexity index is 506. The van der Waals surface area contributed by atoms with Crippen LogP contribution in [0.3, 0.4) is 0 Å². The molecule has 1 aliphatic carbocycles. The molecule has 0 aromatic heterocycles. The highest BCUT2D eigenvalue weighted by molar-refractivity contribution is 5.86. The standard InChI is InChI=1S/C18H25NO2/c19-13-18(9-4-1-5-10-18)17(20)12-14-8-11-21-16-7-3-2-6-15(14)16/h2-3,6-7,14H,1,4-5,8-13,19H2. The number of rotatable bonds is 4. The first kappa shape index (κ1) is 14.6. The van der Waals surface area contributed by atoms with Crippen molar-refractivity contribution in [2.75, 3.05) is 13.2 Å². The molecule has 1 saturated carbocycles. The minimum absolute atomic E-state index is 0.245. The number of ether oxygens (including phenoxy) is 1. The highest BCUT2D eigenvalue weighted by Gasteiger charge is 2.39. The fourth-order valence-electron chi connectivity index (χ4n) is 3.89. The van der Waals surface area contributed by atoms with Crippen molar-refractivity contribution in [1.29, 1.82) is 0 Å². The Labute approximate surface area is 126 Å². The van der Waals surface area contributed by atoms with E-state index in [0.717, 1.165) is 37.9 Å². The van der Waals surface area contributed by atoms with E-state index in [1.54, 1.807) is 0 Å². The summed E-state index contributed by atoms with van der Waals surface area (Å²) in [6.45, 7) is 1.22. The van der Waals surface area contributed by atoms with E-state index >= 15 is 0 Å². The summed E-state index contributed by atoms with van der Waals surface area (Å²) < 4.78 is 5.70. The van der Waals surface area contributed by atoms with Crippen molar-refractivity contribution in [1.82, 2.24) is 0 Å². The van der Waals surface area contributed by atoms with Crippen molar-refractivity contribution in [2.24, 2.45) is 11.1 Å². The number of nitrogens with two attached hydrogens (primary N) is 1. The normalized spacial score (nSPS) is 24.0. The molecule has 0 radical (unpaired) electrons. The van der Waals surface area contributed by atoms with E-state index in [9.17, 15) is 4.79 Å². The Morgan fingerprint density at radius 3 is 2.76 bits per heavy atom. The molecule has 3 heteroatoms. The molecule has 1 unspecified atom stereocenters. The van der Waals surface area contributed by atoms with Crippen molar-refractivity contribution in [3.63, 3.8) is 0 Å². The van der Waals surface area contributed by atoms with E-state index < -0.39 is 0 Å². The molecule has 1 aromatic carbocycles. The molecular formula is C18H25NO2. The van der Waals surface area contributed by atoms with Crippen LogP contribution < -0.4 is 10.5 Å². The van der Waals surface area contributed by atoms with Gasteiger partial charge in [0.05, 0.1) is 6.61 Å². The van der Waals surface area contributed by atoms with Gasteiger partial charge in [-0.1, -0.05) is 37.5 Å². The van der Waals surface area contributed by atoms with Gasteiger partial charge < -0.3 is 10.5 Å². The lowest BCUT2D eigenvalue weighted by molar-refractivity contribution is -0.130. The molecule has 114 valence electrons. The molecule has 1 aliphatic heterocycles. The van der Waals surface area contributed by atoms with Crippen LogP contribution in [0, 0.1) is 5.41 Å². The number of benzene rings is 1. The molecule has 0 amide bonds. The van der Waals surface area contributed by atoms with Crippen LogP contribution in [0.15, 0.2) is 24.3 Å². The molecule has 1 heterocycles. The van der Waals surface area contributed by atoms with Gasteiger partial charge in [0.1, 0.15) is 11.5 Å². The number of fused-ring (bicyclic) bond motifs is 1. The lowest BCUT2D eigenvalue weighted by Crippen LogP contribution is -2.41. The zero-order chi connectivity index (χ0) is 14.7. The van der Waals surface area contributed by atoms with Crippen molar-refractivity contribution in [2.45, 2.75) is 50.9 Å². The van der Waals surface area contributed by atoms with Gasteiger partial charge in [0.15, 0.2) is 0 Å². The molecule has 2 N–H and O–H groups in total. The third kappa shape index (κ3) is 2.84. The number of para-hydroxylation sites is 1. The van der Waals surface area contributed by atoms with E-state index in [1.807, 2.05) is 18.2 Å². The summed E-state index contributed by atoms with van der Waals surface area (Å²) in [7, 11) is 0. The molecular weight excluding hydrogens is 262 g/mol. The van der Waals surface area contributed by atoms with Gasteiger partial charge in [0, 0.05) is 18.4 Å². The zero-order valence-corrected chi connectivity index (χ0v) is 12.6. The van der Waals surface area contributed by atoms with Crippen molar-refractivity contribution >= 4 is 5.78 Å². The maximum atomic E-state index is 12.9. The van der Waals surface area contributed by atoms with Gasteiger partial charge in [0.2, 0.25) is 0 Å². The summed E-state index contributed by atoms with van der Waals surface area (Å²) in [5, 5.41) is 0. The minimum atomic E-state index is -0.245. The molecule has 0 spiro atoms. The second-order valence-electron chi connectivity index (χ2n) is 6.54. The second kappa shape index (κ2) is 6.18. The third-order valence-electron chi connectivity index (χ3n) is 5.31. The van der Waals surface area contributed by atoms with Gasteiger partial charge in [-0.15, -0.1) is 0 Å². The molecule has 1 aromatic rings. The van der Waals surface area contributed by atoms with Gasteiger partial charge in [-0.2, -0.15) is 0 Å². The first-order valence-corrected chi connectivity index (χ1v) is 8.20. The smallest absolute Gasteiger partial charge is 0.140 e. The topological polar surface area (TPSA) is 52.3 Å². The molecule has 2 aliphatic rings.